The van der Waals surface area contributed by atoms with Crippen molar-refractivity contribution in [1.82, 2.24) is 19.1 Å². The molecule has 0 bridgehead atoms. The molecular weight excluding hydrogens is 411 g/mol. The summed E-state index contributed by atoms with van der Waals surface area (Å²) in [6.07, 6.45) is -2.31. The number of rotatable bonds is 6. The van der Waals surface area contributed by atoms with Crippen molar-refractivity contribution in [3.05, 3.63) is 39.8 Å². The van der Waals surface area contributed by atoms with Crippen molar-refractivity contribution in [3.63, 3.8) is 0 Å². The smallest absolute Gasteiger partial charge is 0.299 e. The summed E-state index contributed by atoms with van der Waals surface area (Å²) in [6, 6.07) is 1.44. The van der Waals surface area contributed by atoms with Gasteiger partial charge in [0.2, 0.25) is 15.8 Å². The predicted molar refractivity (Wildman–Crippen MR) is 93.3 cm³/mol. The largest absolute Gasteiger partial charge is 0.350 e. The predicted octanol–water partition coefficient (Wildman–Crippen LogP) is 1.08. The molecule has 0 radical (unpaired) electrons. The lowest BCUT2D eigenvalue weighted by Crippen LogP contribution is -2.25. The number of thiol groups is 1. The first-order chi connectivity index (χ1) is 12.5. The third-order valence-electron chi connectivity index (χ3n) is 3.36. The zero-order valence-corrected chi connectivity index (χ0v) is 15.6. The van der Waals surface area contributed by atoms with Crippen LogP contribution in [0, 0.1) is 5.82 Å². The Morgan fingerprint density at radius 2 is 2.00 bits per heavy atom. The van der Waals surface area contributed by atoms with E-state index in [4.69, 9.17) is 0 Å². The topological polar surface area (TPSA) is 115 Å². The number of carbonyl (C=O) groups excluding carboxylic acids is 1. The highest BCUT2D eigenvalue weighted by atomic mass is 32.2. The third-order valence-corrected chi connectivity index (χ3v) is 4.15. The van der Waals surface area contributed by atoms with Crippen molar-refractivity contribution in [2.45, 2.75) is 19.9 Å². The quantitative estimate of drug-likeness (QED) is 0.599. The summed E-state index contributed by atoms with van der Waals surface area (Å²) in [5, 5.41) is 3.43. The number of carbonyl (C=O) groups is 1. The van der Waals surface area contributed by atoms with E-state index in [9.17, 15) is 31.2 Å². The van der Waals surface area contributed by atoms with E-state index in [1.54, 1.807) is 0 Å². The van der Waals surface area contributed by atoms with Gasteiger partial charge in [-0.3, -0.25) is 18.8 Å². The molecule has 0 aliphatic carbocycles. The average molecular weight is 425 g/mol. The van der Waals surface area contributed by atoms with Crippen LogP contribution in [0.5, 0.6) is 0 Å². The monoisotopic (exact) mass is 425 g/mol. The van der Waals surface area contributed by atoms with Crippen LogP contribution in [-0.4, -0.2) is 34.9 Å². The molecule has 0 fully saturated rings. The van der Waals surface area contributed by atoms with E-state index in [-0.39, 0.29) is 6.54 Å². The van der Waals surface area contributed by atoms with E-state index < -0.39 is 56.6 Å². The molecule has 148 valence electrons. The van der Waals surface area contributed by atoms with Gasteiger partial charge in [-0.1, -0.05) is 12.8 Å². The van der Waals surface area contributed by atoms with E-state index in [1.165, 1.54) is 6.92 Å². The number of nitrogens with zero attached hydrogens (tertiary/aromatic N) is 3. The molecule has 27 heavy (non-hydrogen) atoms. The third kappa shape index (κ3) is 4.27. The van der Waals surface area contributed by atoms with Crippen LogP contribution in [0.15, 0.2) is 16.9 Å². The second kappa shape index (κ2) is 7.64. The number of alkyl halides is 2. The number of aromatic nitrogens is 3. The molecule has 2 rings (SSSR count). The van der Waals surface area contributed by atoms with E-state index in [2.05, 4.69) is 17.9 Å². The lowest BCUT2D eigenvalue weighted by molar-refractivity contribution is 0.0985. The summed E-state index contributed by atoms with van der Waals surface area (Å²) in [4.78, 5) is 24.1. The standard InChI is InChI=1S/C13H14F3N5O4S2/c1-3-20-11(10(15)16)17-21(13(20)23)9-5-8(19-27(2,24)25)6(4-7(9)14)12(22)18-26/h4-5,10,19,26H,3H2,1-2H3,(H,18,22). The molecular formula is C13H14F3N5O4S2. The lowest BCUT2D eigenvalue weighted by atomic mass is 10.1. The molecule has 1 amide bonds. The molecule has 0 saturated heterocycles. The summed E-state index contributed by atoms with van der Waals surface area (Å²) < 4.78 is 68.6. The second-order valence-electron chi connectivity index (χ2n) is 5.26. The maximum atomic E-state index is 14.5. The van der Waals surface area contributed by atoms with Crippen LogP contribution in [0.4, 0.5) is 18.9 Å². The maximum Gasteiger partial charge on any atom is 0.350 e. The van der Waals surface area contributed by atoms with Crippen LogP contribution in [-0.2, 0) is 16.6 Å². The number of anilines is 1. The second-order valence-corrected chi connectivity index (χ2v) is 7.23. The number of halogens is 3. The molecule has 2 N–H and O–H groups in total. The molecule has 1 aromatic heterocycles. The Morgan fingerprint density at radius 1 is 1.37 bits per heavy atom. The van der Waals surface area contributed by atoms with E-state index in [0.29, 0.717) is 15.3 Å². The molecule has 0 aliphatic rings. The van der Waals surface area contributed by atoms with Crippen molar-refractivity contribution in [2.24, 2.45) is 0 Å². The van der Waals surface area contributed by atoms with Gasteiger partial charge in [0.05, 0.1) is 17.5 Å². The van der Waals surface area contributed by atoms with Gasteiger partial charge < -0.3 is 0 Å². The fraction of sp³-hybridized carbons (Fsp3) is 0.308. The minimum Gasteiger partial charge on any atom is -0.299 e. The van der Waals surface area contributed by atoms with Gasteiger partial charge in [-0.25, -0.2) is 26.4 Å². The normalized spacial score (nSPS) is 11.7. The Bertz CT molecular complexity index is 1050. The van der Waals surface area contributed by atoms with Gasteiger partial charge in [-0.2, -0.15) is 4.68 Å². The van der Waals surface area contributed by atoms with E-state index in [1.807, 2.05) is 9.44 Å². The molecule has 0 saturated carbocycles. The molecule has 14 heteroatoms. The average Bonchev–Trinajstić information content (AvgIpc) is 2.90. The van der Waals surface area contributed by atoms with Crippen molar-refractivity contribution < 1.29 is 26.4 Å². The summed E-state index contributed by atoms with van der Waals surface area (Å²) >= 11 is 3.53. The Hall–Kier alpha value is -2.48. The highest BCUT2D eigenvalue weighted by Gasteiger charge is 2.24. The van der Waals surface area contributed by atoms with E-state index >= 15 is 0 Å². The number of amides is 1. The first kappa shape index (κ1) is 20.8. The molecule has 2 aromatic rings. The molecule has 0 spiro atoms. The van der Waals surface area contributed by atoms with Gasteiger partial charge in [-0.05, 0) is 19.1 Å². The van der Waals surface area contributed by atoms with Gasteiger partial charge in [0.25, 0.3) is 12.3 Å². The van der Waals surface area contributed by atoms with Gasteiger partial charge in [0, 0.05) is 6.54 Å². The maximum absolute atomic E-state index is 14.5. The molecule has 0 unspecified atom stereocenters. The fourth-order valence-corrected chi connectivity index (χ4v) is 2.97. The first-order valence-electron chi connectivity index (χ1n) is 7.24. The molecule has 0 atom stereocenters. The van der Waals surface area contributed by atoms with Crippen LogP contribution < -0.4 is 15.1 Å². The number of benzene rings is 1. The number of nitrogens with one attached hydrogen (secondary N) is 2. The summed E-state index contributed by atoms with van der Waals surface area (Å²) in [6.45, 7) is 1.28. The van der Waals surface area contributed by atoms with Crippen molar-refractivity contribution in [2.75, 3.05) is 11.0 Å². The Labute approximate surface area is 156 Å². The lowest BCUT2D eigenvalue weighted by Gasteiger charge is -2.12. The Kier molecular flexibility index (Phi) is 5.89. The Morgan fingerprint density at radius 3 is 2.44 bits per heavy atom. The SMILES string of the molecule is CCn1c(C(F)F)nn(-c2cc(NS(C)(=O)=O)c(C(=O)NS)cc2F)c1=O. The van der Waals surface area contributed by atoms with E-state index in [0.717, 1.165) is 12.3 Å². The number of hydrogen-bond acceptors (Lipinski definition) is 6. The number of hydrogen-bond donors (Lipinski definition) is 3. The Balaban J connectivity index is 2.77. The molecule has 0 aliphatic heterocycles. The number of sulfonamides is 1. The summed E-state index contributed by atoms with van der Waals surface area (Å²) in [7, 11) is -3.89. The van der Waals surface area contributed by atoms with Crippen molar-refractivity contribution in [3.8, 4) is 5.69 Å². The highest BCUT2D eigenvalue weighted by Crippen LogP contribution is 2.25. The summed E-state index contributed by atoms with van der Waals surface area (Å²) in [5.74, 6) is -2.98. The van der Waals surface area contributed by atoms with Gasteiger partial charge >= 0.3 is 5.69 Å². The minimum atomic E-state index is -3.89. The zero-order chi connectivity index (χ0) is 20.5. The van der Waals surface area contributed by atoms with Gasteiger partial charge in [-0.15, -0.1) is 5.10 Å². The fourth-order valence-electron chi connectivity index (χ4n) is 2.28. The highest BCUT2D eigenvalue weighted by molar-refractivity contribution is 7.92. The van der Waals surface area contributed by atoms with Gasteiger partial charge in [0.15, 0.2) is 0 Å². The van der Waals surface area contributed by atoms with Crippen LogP contribution in [0.1, 0.15) is 29.5 Å². The van der Waals surface area contributed by atoms with Crippen LogP contribution >= 0.6 is 12.8 Å². The molecule has 1 heterocycles. The molecule has 9 nitrogen and oxygen atoms in total. The van der Waals surface area contributed by atoms with Crippen molar-refractivity contribution >= 4 is 34.4 Å². The van der Waals surface area contributed by atoms with Crippen LogP contribution in [0.2, 0.25) is 0 Å². The zero-order valence-electron chi connectivity index (χ0n) is 13.9. The first-order valence-corrected chi connectivity index (χ1v) is 9.58. The van der Waals surface area contributed by atoms with Crippen LogP contribution in [0.3, 0.4) is 0 Å². The minimum absolute atomic E-state index is 0.144. The van der Waals surface area contributed by atoms with Gasteiger partial charge in [0.1, 0.15) is 11.5 Å². The van der Waals surface area contributed by atoms with Crippen LogP contribution in [0.25, 0.3) is 5.69 Å². The van der Waals surface area contributed by atoms with Crippen molar-refractivity contribution in [1.29, 1.82) is 0 Å². The molecule has 1 aromatic carbocycles. The summed E-state index contributed by atoms with van der Waals surface area (Å²) in [5.41, 5.74) is -2.50.